The summed E-state index contributed by atoms with van der Waals surface area (Å²) < 4.78 is 5.31. The van der Waals surface area contributed by atoms with E-state index in [1.165, 1.54) is 0 Å². The summed E-state index contributed by atoms with van der Waals surface area (Å²) in [5.41, 5.74) is -0.349. The van der Waals surface area contributed by atoms with Crippen molar-refractivity contribution in [2.75, 3.05) is 6.61 Å². The van der Waals surface area contributed by atoms with Gasteiger partial charge in [-0.2, -0.15) is 0 Å². The SMILES string of the molecule is CCC(C(=O)O)C(O)COC(C)(C)C. The van der Waals surface area contributed by atoms with Crippen LogP contribution in [-0.4, -0.2) is 34.5 Å². The van der Waals surface area contributed by atoms with Crippen molar-refractivity contribution in [3.8, 4) is 0 Å². The Labute approximate surface area is 84.9 Å². The summed E-state index contributed by atoms with van der Waals surface area (Å²) in [5, 5.41) is 18.3. The van der Waals surface area contributed by atoms with Crippen molar-refractivity contribution in [3.63, 3.8) is 0 Å². The predicted octanol–water partition coefficient (Wildman–Crippen LogP) is 1.27. The summed E-state index contributed by atoms with van der Waals surface area (Å²) in [7, 11) is 0. The van der Waals surface area contributed by atoms with Crippen molar-refractivity contribution in [2.45, 2.75) is 45.8 Å². The number of carbonyl (C=O) groups is 1. The normalized spacial score (nSPS) is 16.4. The average molecular weight is 204 g/mol. The Bertz CT molecular complexity index is 183. The smallest absolute Gasteiger partial charge is 0.309 e. The van der Waals surface area contributed by atoms with E-state index in [-0.39, 0.29) is 12.2 Å². The minimum absolute atomic E-state index is 0.0638. The van der Waals surface area contributed by atoms with E-state index in [4.69, 9.17) is 9.84 Å². The number of hydrogen-bond donors (Lipinski definition) is 2. The minimum Gasteiger partial charge on any atom is -0.481 e. The molecule has 2 unspecified atom stereocenters. The highest BCUT2D eigenvalue weighted by Gasteiger charge is 2.26. The van der Waals surface area contributed by atoms with E-state index >= 15 is 0 Å². The van der Waals surface area contributed by atoms with Crippen LogP contribution < -0.4 is 0 Å². The van der Waals surface area contributed by atoms with Crippen LogP contribution in [0.25, 0.3) is 0 Å². The lowest BCUT2D eigenvalue weighted by Gasteiger charge is -2.24. The van der Waals surface area contributed by atoms with Crippen LogP contribution in [0.2, 0.25) is 0 Å². The number of aliphatic hydroxyl groups excluding tert-OH is 1. The highest BCUT2D eigenvalue weighted by atomic mass is 16.5. The molecule has 84 valence electrons. The van der Waals surface area contributed by atoms with Crippen molar-refractivity contribution in [3.05, 3.63) is 0 Å². The van der Waals surface area contributed by atoms with Crippen LogP contribution in [0.5, 0.6) is 0 Å². The standard InChI is InChI=1S/C10H20O4/c1-5-7(9(12)13)8(11)6-14-10(2,3)4/h7-8,11H,5-6H2,1-4H3,(H,12,13). The van der Waals surface area contributed by atoms with Gasteiger partial charge in [0.1, 0.15) is 0 Å². The number of ether oxygens (including phenoxy) is 1. The molecular weight excluding hydrogens is 184 g/mol. The quantitative estimate of drug-likeness (QED) is 0.707. The Morgan fingerprint density at radius 1 is 1.43 bits per heavy atom. The lowest BCUT2D eigenvalue weighted by molar-refractivity contribution is -0.149. The van der Waals surface area contributed by atoms with Gasteiger partial charge in [-0.1, -0.05) is 6.92 Å². The van der Waals surface area contributed by atoms with Gasteiger partial charge in [-0.25, -0.2) is 0 Å². The lowest BCUT2D eigenvalue weighted by Crippen LogP contribution is -2.34. The maximum atomic E-state index is 10.7. The van der Waals surface area contributed by atoms with Crippen LogP contribution in [-0.2, 0) is 9.53 Å². The summed E-state index contributed by atoms with van der Waals surface area (Å²) in [5.74, 6) is -1.71. The molecule has 2 atom stereocenters. The largest absolute Gasteiger partial charge is 0.481 e. The Morgan fingerprint density at radius 2 is 1.93 bits per heavy atom. The van der Waals surface area contributed by atoms with Gasteiger partial charge >= 0.3 is 5.97 Å². The molecule has 0 spiro atoms. The first-order valence-corrected chi connectivity index (χ1v) is 4.82. The highest BCUT2D eigenvalue weighted by Crippen LogP contribution is 2.13. The molecule has 2 N–H and O–H groups in total. The van der Waals surface area contributed by atoms with E-state index in [1.807, 2.05) is 20.8 Å². The summed E-state index contributed by atoms with van der Waals surface area (Å²) >= 11 is 0. The Kier molecular flexibility index (Phi) is 5.08. The molecule has 0 aromatic heterocycles. The monoisotopic (exact) mass is 204 g/mol. The third-order valence-corrected chi connectivity index (χ3v) is 1.91. The fraction of sp³-hybridized carbons (Fsp3) is 0.900. The van der Waals surface area contributed by atoms with Crippen LogP contribution in [0, 0.1) is 5.92 Å². The molecule has 4 nitrogen and oxygen atoms in total. The van der Waals surface area contributed by atoms with E-state index in [2.05, 4.69) is 0 Å². The molecule has 0 aliphatic heterocycles. The van der Waals surface area contributed by atoms with E-state index in [0.717, 1.165) is 0 Å². The molecule has 0 bridgehead atoms. The van der Waals surface area contributed by atoms with Gasteiger partial charge in [-0.3, -0.25) is 4.79 Å². The van der Waals surface area contributed by atoms with Gasteiger partial charge in [0.15, 0.2) is 0 Å². The Hall–Kier alpha value is -0.610. The first-order chi connectivity index (χ1) is 6.28. The van der Waals surface area contributed by atoms with Crippen LogP contribution in [0.1, 0.15) is 34.1 Å². The van der Waals surface area contributed by atoms with Crippen LogP contribution >= 0.6 is 0 Å². The third kappa shape index (κ3) is 5.19. The van der Waals surface area contributed by atoms with Crippen molar-refractivity contribution in [1.82, 2.24) is 0 Å². The Morgan fingerprint density at radius 3 is 2.21 bits per heavy atom. The van der Waals surface area contributed by atoms with Crippen molar-refractivity contribution in [2.24, 2.45) is 5.92 Å². The number of rotatable bonds is 5. The second-order valence-corrected chi connectivity index (χ2v) is 4.34. The second-order valence-electron chi connectivity index (χ2n) is 4.34. The van der Waals surface area contributed by atoms with Crippen molar-refractivity contribution >= 4 is 5.97 Å². The van der Waals surface area contributed by atoms with Gasteiger partial charge in [-0.15, -0.1) is 0 Å². The summed E-state index contributed by atoms with van der Waals surface area (Å²) in [6, 6.07) is 0. The van der Waals surface area contributed by atoms with Gasteiger partial charge < -0.3 is 14.9 Å². The zero-order valence-electron chi connectivity index (χ0n) is 9.28. The van der Waals surface area contributed by atoms with Crippen molar-refractivity contribution in [1.29, 1.82) is 0 Å². The Balaban J connectivity index is 4.05. The van der Waals surface area contributed by atoms with E-state index in [1.54, 1.807) is 6.92 Å². The molecule has 0 amide bonds. The highest BCUT2D eigenvalue weighted by molar-refractivity contribution is 5.70. The molecule has 4 heteroatoms. The van der Waals surface area contributed by atoms with Gasteiger partial charge in [0.2, 0.25) is 0 Å². The number of carboxylic acid groups (broad SMARTS) is 1. The lowest BCUT2D eigenvalue weighted by atomic mass is 10.0. The first-order valence-electron chi connectivity index (χ1n) is 4.82. The van der Waals surface area contributed by atoms with Gasteiger partial charge in [0, 0.05) is 0 Å². The molecule has 0 aliphatic carbocycles. The summed E-state index contributed by atoms with van der Waals surface area (Å²) in [6.07, 6.45) is -0.527. The molecule has 0 rings (SSSR count). The summed E-state index contributed by atoms with van der Waals surface area (Å²) in [6.45, 7) is 7.39. The molecule has 0 radical (unpaired) electrons. The maximum Gasteiger partial charge on any atom is 0.309 e. The third-order valence-electron chi connectivity index (χ3n) is 1.91. The average Bonchev–Trinajstić information content (AvgIpc) is 2.00. The molecule has 14 heavy (non-hydrogen) atoms. The first kappa shape index (κ1) is 13.4. The number of aliphatic hydroxyl groups is 1. The zero-order chi connectivity index (χ0) is 11.4. The van der Waals surface area contributed by atoms with Crippen molar-refractivity contribution < 1.29 is 19.7 Å². The molecule has 0 saturated heterocycles. The molecule has 0 aromatic carbocycles. The van der Waals surface area contributed by atoms with Crippen LogP contribution in [0.3, 0.4) is 0 Å². The number of hydrogen-bond acceptors (Lipinski definition) is 3. The molecular formula is C10H20O4. The fourth-order valence-corrected chi connectivity index (χ4v) is 1.06. The molecule has 0 heterocycles. The molecule has 0 saturated carbocycles. The zero-order valence-corrected chi connectivity index (χ0v) is 9.28. The fourth-order valence-electron chi connectivity index (χ4n) is 1.06. The maximum absolute atomic E-state index is 10.7. The molecule has 0 aromatic rings. The summed E-state index contributed by atoms with van der Waals surface area (Å²) in [4.78, 5) is 10.7. The number of aliphatic carboxylic acids is 1. The van der Waals surface area contributed by atoms with Gasteiger partial charge in [-0.05, 0) is 27.2 Å². The van der Waals surface area contributed by atoms with E-state index in [9.17, 15) is 9.90 Å². The predicted molar refractivity (Wildman–Crippen MR) is 53.1 cm³/mol. The van der Waals surface area contributed by atoms with Gasteiger partial charge in [0.25, 0.3) is 0 Å². The van der Waals surface area contributed by atoms with Crippen LogP contribution in [0.15, 0.2) is 0 Å². The molecule has 0 aliphatic rings. The van der Waals surface area contributed by atoms with E-state index in [0.29, 0.717) is 6.42 Å². The van der Waals surface area contributed by atoms with Gasteiger partial charge in [0.05, 0.1) is 24.2 Å². The van der Waals surface area contributed by atoms with E-state index < -0.39 is 18.0 Å². The number of carboxylic acids is 1. The topological polar surface area (TPSA) is 66.8 Å². The minimum atomic E-state index is -0.975. The van der Waals surface area contributed by atoms with Crippen LogP contribution in [0.4, 0.5) is 0 Å². The second kappa shape index (κ2) is 5.32. The molecule has 0 fully saturated rings.